The summed E-state index contributed by atoms with van der Waals surface area (Å²) in [5, 5.41) is 3.07. The van der Waals surface area contributed by atoms with Crippen LogP contribution < -0.4 is 11.1 Å². The van der Waals surface area contributed by atoms with Crippen molar-refractivity contribution in [2.45, 2.75) is 51.2 Å². The van der Waals surface area contributed by atoms with Gasteiger partial charge >= 0.3 is 0 Å². The van der Waals surface area contributed by atoms with Crippen molar-refractivity contribution < 1.29 is 14.3 Å². The molecule has 2 aliphatic heterocycles. The van der Waals surface area contributed by atoms with Gasteiger partial charge in [-0.1, -0.05) is 13.8 Å². The number of nitrogens with one attached hydrogen (secondary N) is 1. The van der Waals surface area contributed by atoms with Crippen LogP contribution in [-0.2, 0) is 14.3 Å². The summed E-state index contributed by atoms with van der Waals surface area (Å²) in [5.41, 5.74) is 5.48. The zero-order valence-corrected chi connectivity index (χ0v) is 13.2. The maximum absolute atomic E-state index is 12.7. The van der Waals surface area contributed by atoms with E-state index in [0.717, 1.165) is 45.5 Å². The second kappa shape index (κ2) is 5.52. The summed E-state index contributed by atoms with van der Waals surface area (Å²) < 4.78 is 11.2. The Balaban J connectivity index is 1.57. The van der Waals surface area contributed by atoms with Gasteiger partial charge in [0, 0.05) is 37.7 Å². The van der Waals surface area contributed by atoms with Crippen molar-refractivity contribution in [1.82, 2.24) is 5.32 Å². The predicted octanol–water partition coefficient (Wildman–Crippen LogP) is 1.06. The molecule has 0 aromatic carbocycles. The molecule has 1 saturated carbocycles. The molecule has 3 fully saturated rings. The second-order valence-corrected chi connectivity index (χ2v) is 7.41. The van der Waals surface area contributed by atoms with Gasteiger partial charge in [0.15, 0.2) is 0 Å². The van der Waals surface area contributed by atoms with Crippen LogP contribution in [0.2, 0.25) is 0 Å². The largest absolute Gasteiger partial charge is 0.381 e. The maximum Gasteiger partial charge on any atom is 0.241 e. The molecule has 21 heavy (non-hydrogen) atoms. The van der Waals surface area contributed by atoms with Crippen molar-refractivity contribution >= 4 is 5.91 Å². The highest BCUT2D eigenvalue weighted by Crippen LogP contribution is 2.57. The van der Waals surface area contributed by atoms with Crippen molar-refractivity contribution in [1.29, 1.82) is 0 Å². The lowest BCUT2D eigenvalue weighted by molar-refractivity contribution is -0.225. The first kappa shape index (κ1) is 15.3. The predicted molar refractivity (Wildman–Crippen MR) is 79.7 cm³/mol. The van der Waals surface area contributed by atoms with Crippen LogP contribution in [0, 0.1) is 17.3 Å². The Morgan fingerprint density at radius 1 is 1.33 bits per heavy atom. The summed E-state index contributed by atoms with van der Waals surface area (Å²) in [6.45, 7) is 7.29. The van der Waals surface area contributed by atoms with Crippen molar-refractivity contribution in [3.05, 3.63) is 0 Å². The SMILES string of the molecule is CC1(C)C2OCCCC2C1(N)C(=O)NCCC1CCOC1. The van der Waals surface area contributed by atoms with Gasteiger partial charge in [-0.2, -0.15) is 0 Å². The van der Waals surface area contributed by atoms with E-state index in [1.165, 1.54) is 0 Å². The standard InChI is InChI=1S/C16H28N2O3/c1-15(2)13-12(4-3-8-21-13)16(15,17)14(19)18-7-5-11-6-9-20-10-11/h11-13H,3-10,17H2,1-2H3,(H,18,19). The van der Waals surface area contributed by atoms with Crippen molar-refractivity contribution in [3.8, 4) is 0 Å². The monoisotopic (exact) mass is 296 g/mol. The van der Waals surface area contributed by atoms with Crippen LogP contribution in [0.3, 0.4) is 0 Å². The van der Waals surface area contributed by atoms with Crippen LogP contribution in [0.1, 0.15) is 39.5 Å². The molecule has 2 heterocycles. The average molecular weight is 296 g/mol. The second-order valence-electron chi connectivity index (χ2n) is 7.41. The van der Waals surface area contributed by atoms with Crippen LogP contribution in [-0.4, -0.2) is 43.9 Å². The fourth-order valence-electron chi connectivity index (χ4n) is 4.38. The Labute approximate surface area is 126 Å². The van der Waals surface area contributed by atoms with Crippen molar-refractivity contribution in [2.24, 2.45) is 23.0 Å². The van der Waals surface area contributed by atoms with Gasteiger partial charge in [-0.3, -0.25) is 4.79 Å². The minimum Gasteiger partial charge on any atom is -0.381 e. The molecule has 120 valence electrons. The lowest BCUT2D eigenvalue weighted by Crippen LogP contribution is -2.82. The molecule has 3 rings (SSSR count). The van der Waals surface area contributed by atoms with E-state index in [4.69, 9.17) is 15.2 Å². The van der Waals surface area contributed by atoms with Crippen molar-refractivity contribution in [2.75, 3.05) is 26.4 Å². The number of carbonyl (C=O) groups is 1. The lowest BCUT2D eigenvalue weighted by Gasteiger charge is -2.65. The molecule has 5 nitrogen and oxygen atoms in total. The number of fused-ring (bicyclic) bond motifs is 1. The molecule has 4 unspecified atom stereocenters. The molecule has 5 heteroatoms. The molecular weight excluding hydrogens is 268 g/mol. The third-order valence-electron chi connectivity index (χ3n) is 5.92. The lowest BCUT2D eigenvalue weighted by atomic mass is 9.46. The molecule has 2 saturated heterocycles. The Kier molecular flexibility index (Phi) is 4.01. The van der Waals surface area contributed by atoms with Crippen molar-refractivity contribution in [3.63, 3.8) is 0 Å². The van der Waals surface area contributed by atoms with E-state index in [0.29, 0.717) is 12.5 Å². The molecule has 0 bridgehead atoms. The highest BCUT2D eigenvalue weighted by atomic mass is 16.5. The number of hydrogen-bond donors (Lipinski definition) is 2. The number of hydrogen-bond acceptors (Lipinski definition) is 4. The zero-order chi connectivity index (χ0) is 15.1. The normalized spacial score (nSPS) is 41.2. The van der Waals surface area contributed by atoms with Crippen LogP contribution in [0.5, 0.6) is 0 Å². The average Bonchev–Trinajstić information content (AvgIpc) is 2.99. The minimum absolute atomic E-state index is 0.00170. The fourth-order valence-corrected chi connectivity index (χ4v) is 4.38. The molecule has 1 aliphatic carbocycles. The molecule has 4 atom stereocenters. The number of rotatable bonds is 4. The summed E-state index contributed by atoms with van der Waals surface area (Å²) in [6.07, 6.45) is 4.21. The van der Waals surface area contributed by atoms with Gasteiger partial charge in [0.1, 0.15) is 5.54 Å². The van der Waals surface area contributed by atoms with Crippen LogP contribution >= 0.6 is 0 Å². The van der Waals surface area contributed by atoms with Crippen LogP contribution in [0.25, 0.3) is 0 Å². The first-order chi connectivity index (χ1) is 9.98. The number of amides is 1. The summed E-state index contributed by atoms with van der Waals surface area (Å²) in [4.78, 5) is 12.7. The van der Waals surface area contributed by atoms with Gasteiger partial charge in [0.2, 0.25) is 5.91 Å². The fraction of sp³-hybridized carbons (Fsp3) is 0.938. The number of ether oxygens (including phenoxy) is 2. The molecular formula is C16H28N2O3. The smallest absolute Gasteiger partial charge is 0.241 e. The summed E-state index contributed by atoms with van der Waals surface area (Å²) >= 11 is 0. The van der Waals surface area contributed by atoms with Gasteiger partial charge in [-0.25, -0.2) is 0 Å². The topological polar surface area (TPSA) is 73.6 Å². The third-order valence-corrected chi connectivity index (χ3v) is 5.92. The van der Waals surface area contributed by atoms with Gasteiger partial charge in [0.25, 0.3) is 0 Å². The minimum atomic E-state index is -0.787. The molecule has 3 aliphatic rings. The summed E-state index contributed by atoms with van der Waals surface area (Å²) in [6, 6.07) is 0. The van der Waals surface area contributed by atoms with Crippen LogP contribution in [0.4, 0.5) is 0 Å². The molecule has 0 aromatic heterocycles. The van der Waals surface area contributed by atoms with Gasteiger partial charge in [-0.15, -0.1) is 0 Å². The first-order valence-electron chi connectivity index (χ1n) is 8.24. The van der Waals surface area contributed by atoms with E-state index < -0.39 is 5.54 Å². The van der Waals surface area contributed by atoms with Gasteiger partial charge < -0.3 is 20.5 Å². The summed E-state index contributed by atoms with van der Waals surface area (Å²) in [5.74, 6) is 0.744. The van der Waals surface area contributed by atoms with E-state index in [-0.39, 0.29) is 23.3 Å². The molecule has 1 amide bonds. The Morgan fingerprint density at radius 3 is 2.86 bits per heavy atom. The third kappa shape index (κ3) is 2.30. The Bertz CT molecular complexity index is 406. The number of carbonyl (C=O) groups excluding carboxylic acids is 1. The molecule has 0 aromatic rings. The van der Waals surface area contributed by atoms with E-state index in [2.05, 4.69) is 19.2 Å². The van der Waals surface area contributed by atoms with Gasteiger partial charge in [-0.05, 0) is 31.6 Å². The van der Waals surface area contributed by atoms with E-state index >= 15 is 0 Å². The first-order valence-corrected chi connectivity index (χ1v) is 8.24. The van der Waals surface area contributed by atoms with E-state index in [9.17, 15) is 4.79 Å². The Morgan fingerprint density at radius 2 is 2.14 bits per heavy atom. The number of nitrogens with two attached hydrogens (primary N) is 1. The zero-order valence-electron chi connectivity index (χ0n) is 13.2. The Hall–Kier alpha value is -0.650. The van der Waals surface area contributed by atoms with E-state index in [1.807, 2.05) is 0 Å². The highest BCUT2D eigenvalue weighted by molar-refractivity contribution is 5.89. The van der Waals surface area contributed by atoms with E-state index in [1.54, 1.807) is 0 Å². The molecule has 3 N–H and O–H groups in total. The maximum atomic E-state index is 12.7. The quantitative estimate of drug-likeness (QED) is 0.813. The highest BCUT2D eigenvalue weighted by Gasteiger charge is 2.70. The molecule has 0 radical (unpaired) electrons. The van der Waals surface area contributed by atoms with Gasteiger partial charge in [0.05, 0.1) is 6.10 Å². The summed E-state index contributed by atoms with van der Waals surface area (Å²) in [7, 11) is 0. The molecule has 0 spiro atoms. The van der Waals surface area contributed by atoms with Crippen LogP contribution in [0.15, 0.2) is 0 Å².